The lowest BCUT2D eigenvalue weighted by atomic mass is 9.82. The Morgan fingerprint density at radius 2 is 2.19 bits per heavy atom. The minimum absolute atomic E-state index is 0.00724. The smallest absolute Gasteiger partial charge is 0.338 e. The van der Waals surface area contributed by atoms with E-state index in [1.165, 1.54) is 6.92 Å². The number of ether oxygens (including phenoxy) is 3. The molecule has 9 nitrogen and oxygen atoms in total. The number of esters is 1. The molecular formula is C17H16FN3O6. The zero-order chi connectivity index (χ0) is 20.3. The van der Waals surface area contributed by atoms with Gasteiger partial charge in [0.25, 0.3) is 0 Å². The van der Waals surface area contributed by atoms with Gasteiger partial charge in [-0.05, 0) is 13.8 Å². The molecule has 0 aromatic heterocycles. The van der Waals surface area contributed by atoms with Crippen molar-refractivity contribution in [1.82, 2.24) is 0 Å². The fourth-order valence-corrected chi connectivity index (χ4v) is 2.75. The summed E-state index contributed by atoms with van der Waals surface area (Å²) in [5.41, 5.74) is 4.46. The van der Waals surface area contributed by atoms with Crippen molar-refractivity contribution in [1.29, 1.82) is 5.26 Å². The molecule has 0 fully saturated rings. The highest BCUT2D eigenvalue weighted by Gasteiger charge is 2.39. The summed E-state index contributed by atoms with van der Waals surface area (Å²) >= 11 is 0. The number of nitro groups is 1. The number of nitrogens with zero attached hydrogens (tertiary/aromatic N) is 2. The molecule has 0 radical (unpaired) electrons. The molecule has 1 atom stereocenters. The molecule has 0 bridgehead atoms. The average molecular weight is 377 g/mol. The van der Waals surface area contributed by atoms with Crippen molar-refractivity contribution in [2.75, 3.05) is 13.7 Å². The predicted molar refractivity (Wildman–Crippen MR) is 89.6 cm³/mol. The molecule has 1 aliphatic heterocycles. The van der Waals surface area contributed by atoms with Crippen LogP contribution in [0.5, 0.6) is 5.75 Å². The highest BCUT2D eigenvalue weighted by atomic mass is 19.1. The maximum absolute atomic E-state index is 14.8. The lowest BCUT2D eigenvalue weighted by Crippen LogP contribution is -2.26. The molecule has 1 heterocycles. The minimum Gasteiger partial charge on any atom is -0.490 e. The van der Waals surface area contributed by atoms with Crippen molar-refractivity contribution < 1.29 is 28.3 Å². The van der Waals surface area contributed by atoms with E-state index in [2.05, 4.69) is 0 Å². The van der Waals surface area contributed by atoms with Crippen LogP contribution in [0.2, 0.25) is 0 Å². The SMILES string of the molecule is CCOC(=O)C1=C(C)OC(N)=C(C#N)C1c1cc([N+](=O)[O-])c(OC)cc1F. The van der Waals surface area contributed by atoms with E-state index >= 15 is 0 Å². The number of halogens is 1. The highest BCUT2D eigenvalue weighted by Crippen LogP contribution is 2.43. The van der Waals surface area contributed by atoms with Crippen LogP contribution in [0.15, 0.2) is 34.9 Å². The first-order valence-corrected chi connectivity index (χ1v) is 7.74. The molecule has 1 aromatic carbocycles. The molecule has 27 heavy (non-hydrogen) atoms. The molecule has 0 saturated carbocycles. The largest absolute Gasteiger partial charge is 0.490 e. The number of rotatable bonds is 5. The Balaban J connectivity index is 2.79. The van der Waals surface area contributed by atoms with E-state index in [4.69, 9.17) is 19.9 Å². The summed E-state index contributed by atoms with van der Waals surface area (Å²) in [5.74, 6) is -3.72. The van der Waals surface area contributed by atoms with Gasteiger partial charge in [-0.25, -0.2) is 9.18 Å². The van der Waals surface area contributed by atoms with E-state index in [1.54, 1.807) is 13.0 Å². The van der Waals surface area contributed by atoms with Gasteiger partial charge >= 0.3 is 11.7 Å². The summed E-state index contributed by atoms with van der Waals surface area (Å²) in [6.07, 6.45) is 0. The fraction of sp³-hybridized carbons (Fsp3) is 0.294. The number of hydrogen-bond acceptors (Lipinski definition) is 8. The van der Waals surface area contributed by atoms with Crippen LogP contribution in [0.1, 0.15) is 25.3 Å². The summed E-state index contributed by atoms with van der Waals surface area (Å²) in [4.78, 5) is 22.9. The number of allylic oxidation sites excluding steroid dienone is 2. The summed E-state index contributed by atoms with van der Waals surface area (Å²) in [7, 11) is 1.16. The van der Waals surface area contributed by atoms with Crippen molar-refractivity contribution in [3.63, 3.8) is 0 Å². The Hall–Kier alpha value is -3.61. The number of nitrogens with two attached hydrogens (primary N) is 1. The molecule has 0 spiro atoms. The van der Waals surface area contributed by atoms with Gasteiger partial charge in [0.05, 0.1) is 30.1 Å². The van der Waals surface area contributed by atoms with Gasteiger partial charge in [-0.3, -0.25) is 10.1 Å². The second-order valence-corrected chi connectivity index (χ2v) is 5.42. The van der Waals surface area contributed by atoms with Crippen LogP contribution in [-0.2, 0) is 14.3 Å². The van der Waals surface area contributed by atoms with Crippen LogP contribution in [-0.4, -0.2) is 24.6 Å². The first kappa shape index (κ1) is 19.7. The molecule has 0 amide bonds. The number of nitro benzene ring substituents is 1. The van der Waals surface area contributed by atoms with Crippen molar-refractivity contribution in [3.05, 3.63) is 56.4 Å². The Morgan fingerprint density at radius 1 is 1.52 bits per heavy atom. The van der Waals surface area contributed by atoms with Gasteiger partial charge < -0.3 is 19.9 Å². The monoisotopic (exact) mass is 377 g/mol. The van der Waals surface area contributed by atoms with Crippen LogP contribution < -0.4 is 10.5 Å². The number of carbonyl (C=O) groups excluding carboxylic acids is 1. The van der Waals surface area contributed by atoms with Gasteiger partial charge in [0, 0.05) is 17.7 Å². The van der Waals surface area contributed by atoms with Gasteiger partial charge in [0.1, 0.15) is 23.2 Å². The zero-order valence-electron chi connectivity index (χ0n) is 14.7. The summed E-state index contributed by atoms with van der Waals surface area (Å²) < 4.78 is 29.8. The van der Waals surface area contributed by atoms with Gasteiger partial charge in [-0.1, -0.05) is 0 Å². The first-order valence-electron chi connectivity index (χ1n) is 7.74. The molecule has 0 saturated heterocycles. The standard InChI is InChI=1S/C17H16FN3O6/c1-4-26-17(22)14-8(2)27-16(20)10(7-19)15(14)9-5-12(21(23)24)13(25-3)6-11(9)18/h5-6,15H,4,20H2,1-3H3. The number of methoxy groups -OCH3 is 1. The summed E-state index contributed by atoms with van der Waals surface area (Å²) in [6, 6.07) is 3.49. The molecule has 1 unspecified atom stereocenters. The maximum Gasteiger partial charge on any atom is 0.338 e. The summed E-state index contributed by atoms with van der Waals surface area (Å²) in [5, 5.41) is 20.8. The molecule has 1 aliphatic rings. The maximum atomic E-state index is 14.8. The normalized spacial score (nSPS) is 16.5. The third kappa shape index (κ3) is 3.52. The Morgan fingerprint density at radius 3 is 2.70 bits per heavy atom. The van der Waals surface area contributed by atoms with Crippen LogP contribution in [0.25, 0.3) is 0 Å². The topological polar surface area (TPSA) is 138 Å². The molecule has 1 aromatic rings. The van der Waals surface area contributed by atoms with Crippen molar-refractivity contribution in [2.45, 2.75) is 19.8 Å². The zero-order valence-corrected chi connectivity index (χ0v) is 14.7. The number of benzene rings is 1. The summed E-state index contributed by atoms with van der Waals surface area (Å²) in [6.45, 7) is 2.99. The first-order chi connectivity index (χ1) is 12.8. The van der Waals surface area contributed by atoms with E-state index in [0.29, 0.717) is 0 Å². The van der Waals surface area contributed by atoms with Crippen LogP contribution in [0.4, 0.5) is 10.1 Å². The van der Waals surface area contributed by atoms with E-state index in [-0.39, 0.29) is 40.7 Å². The van der Waals surface area contributed by atoms with Crippen molar-refractivity contribution in [2.24, 2.45) is 5.73 Å². The lowest BCUT2D eigenvalue weighted by molar-refractivity contribution is -0.385. The molecule has 10 heteroatoms. The van der Waals surface area contributed by atoms with E-state index in [1.807, 2.05) is 0 Å². The predicted octanol–water partition coefficient (Wildman–Crippen LogP) is 2.39. The third-order valence-electron chi connectivity index (χ3n) is 3.91. The Bertz CT molecular complexity index is 916. The average Bonchev–Trinajstić information content (AvgIpc) is 2.60. The lowest BCUT2D eigenvalue weighted by Gasteiger charge is -2.27. The van der Waals surface area contributed by atoms with Crippen LogP contribution in [0.3, 0.4) is 0 Å². The third-order valence-corrected chi connectivity index (χ3v) is 3.91. The van der Waals surface area contributed by atoms with Gasteiger partial charge in [0.15, 0.2) is 5.75 Å². The van der Waals surface area contributed by atoms with Crippen LogP contribution >= 0.6 is 0 Å². The van der Waals surface area contributed by atoms with Crippen molar-refractivity contribution >= 4 is 11.7 Å². The molecule has 142 valence electrons. The highest BCUT2D eigenvalue weighted by molar-refractivity contribution is 5.92. The van der Waals surface area contributed by atoms with Gasteiger partial charge in [0.2, 0.25) is 5.88 Å². The van der Waals surface area contributed by atoms with E-state index < -0.39 is 28.3 Å². The molecule has 2 N–H and O–H groups in total. The molecule has 0 aliphatic carbocycles. The Labute approximate surface area is 153 Å². The molecular weight excluding hydrogens is 361 g/mol. The second kappa shape index (κ2) is 7.74. The molecule has 2 rings (SSSR count). The Kier molecular flexibility index (Phi) is 5.65. The van der Waals surface area contributed by atoms with E-state index in [0.717, 1.165) is 19.2 Å². The minimum atomic E-state index is -1.33. The number of hydrogen-bond donors (Lipinski definition) is 1. The fourth-order valence-electron chi connectivity index (χ4n) is 2.75. The van der Waals surface area contributed by atoms with Crippen LogP contribution in [0, 0.1) is 27.3 Å². The second-order valence-electron chi connectivity index (χ2n) is 5.42. The van der Waals surface area contributed by atoms with E-state index in [9.17, 15) is 24.6 Å². The van der Waals surface area contributed by atoms with Crippen molar-refractivity contribution in [3.8, 4) is 11.8 Å². The van der Waals surface area contributed by atoms with Gasteiger partial charge in [-0.15, -0.1) is 0 Å². The number of nitriles is 1. The number of carbonyl (C=O) groups is 1. The van der Waals surface area contributed by atoms with Gasteiger partial charge in [-0.2, -0.15) is 5.26 Å². The quantitative estimate of drug-likeness (QED) is 0.469.